The SMILES string of the molecule is CC1CCC(=O)C(CN(C)c2ccccc2)C1. The Kier molecular flexibility index (Phi) is 3.82. The van der Waals surface area contributed by atoms with E-state index in [0.717, 1.165) is 25.8 Å². The Labute approximate surface area is 104 Å². The van der Waals surface area contributed by atoms with Crippen LogP contribution in [-0.2, 0) is 4.79 Å². The van der Waals surface area contributed by atoms with Gasteiger partial charge in [-0.3, -0.25) is 4.79 Å². The number of nitrogens with zero attached hydrogens (tertiary/aromatic N) is 1. The van der Waals surface area contributed by atoms with Crippen LogP contribution in [0.5, 0.6) is 0 Å². The van der Waals surface area contributed by atoms with E-state index in [4.69, 9.17) is 0 Å². The van der Waals surface area contributed by atoms with Crippen LogP contribution in [-0.4, -0.2) is 19.4 Å². The molecule has 0 radical (unpaired) electrons. The van der Waals surface area contributed by atoms with Crippen molar-refractivity contribution in [1.82, 2.24) is 0 Å². The molecule has 1 saturated carbocycles. The second kappa shape index (κ2) is 5.35. The monoisotopic (exact) mass is 231 g/mol. The molecule has 2 heteroatoms. The van der Waals surface area contributed by atoms with E-state index in [1.165, 1.54) is 5.69 Å². The molecule has 2 nitrogen and oxygen atoms in total. The highest BCUT2D eigenvalue weighted by Gasteiger charge is 2.27. The lowest BCUT2D eigenvalue weighted by molar-refractivity contribution is -0.125. The minimum atomic E-state index is 0.226. The van der Waals surface area contributed by atoms with Crippen LogP contribution in [0.25, 0.3) is 0 Å². The van der Waals surface area contributed by atoms with Crippen LogP contribution in [0.15, 0.2) is 30.3 Å². The number of benzene rings is 1. The summed E-state index contributed by atoms with van der Waals surface area (Å²) in [5.41, 5.74) is 1.19. The summed E-state index contributed by atoms with van der Waals surface area (Å²) in [6.07, 6.45) is 2.90. The summed E-state index contributed by atoms with van der Waals surface area (Å²) < 4.78 is 0. The van der Waals surface area contributed by atoms with Gasteiger partial charge in [0.05, 0.1) is 0 Å². The molecule has 1 aromatic rings. The minimum Gasteiger partial charge on any atom is -0.374 e. The fraction of sp³-hybridized carbons (Fsp3) is 0.533. The first kappa shape index (κ1) is 12.2. The Morgan fingerprint density at radius 3 is 2.71 bits per heavy atom. The van der Waals surface area contributed by atoms with Crippen molar-refractivity contribution < 1.29 is 4.79 Å². The molecule has 17 heavy (non-hydrogen) atoms. The Hall–Kier alpha value is -1.31. The fourth-order valence-electron chi connectivity index (χ4n) is 2.62. The van der Waals surface area contributed by atoms with Crippen LogP contribution in [0.3, 0.4) is 0 Å². The maximum Gasteiger partial charge on any atom is 0.137 e. The first-order valence-corrected chi connectivity index (χ1v) is 6.45. The second-order valence-electron chi connectivity index (χ2n) is 5.26. The zero-order valence-corrected chi connectivity index (χ0v) is 10.7. The third kappa shape index (κ3) is 3.09. The van der Waals surface area contributed by atoms with Crippen LogP contribution in [0.1, 0.15) is 26.2 Å². The van der Waals surface area contributed by atoms with Crippen molar-refractivity contribution in [2.75, 3.05) is 18.5 Å². The molecule has 0 spiro atoms. The average Bonchev–Trinajstić information content (AvgIpc) is 2.35. The number of para-hydroxylation sites is 1. The summed E-state index contributed by atoms with van der Waals surface area (Å²) >= 11 is 0. The number of hydrogen-bond acceptors (Lipinski definition) is 2. The molecule has 1 fully saturated rings. The average molecular weight is 231 g/mol. The lowest BCUT2D eigenvalue weighted by Gasteiger charge is -2.30. The summed E-state index contributed by atoms with van der Waals surface area (Å²) in [5.74, 6) is 1.37. The van der Waals surface area contributed by atoms with E-state index in [1.807, 2.05) is 18.2 Å². The molecule has 0 amide bonds. The Balaban J connectivity index is 1.98. The number of carbonyl (C=O) groups is 1. The molecule has 2 atom stereocenters. The molecular formula is C15H21NO. The molecule has 1 aliphatic rings. The van der Waals surface area contributed by atoms with Gasteiger partial charge in [-0.2, -0.15) is 0 Å². The first-order chi connectivity index (χ1) is 8.16. The van der Waals surface area contributed by atoms with E-state index in [2.05, 4.69) is 31.0 Å². The molecule has 0 heterocycles. The highest BCUT2D eigenvalue weighted by molar-refractivity contribution is 5.82. The first-order valence-electron chi connectivity index (χ1n) is 6.45. The van der Waals surface area contributed by atoms with Crippen molar-refractivity contribution in [3.63, 3.8) is 0 Å². The summed E-state index contributed by atoms with van der Waals surface area (Å²) in [5, 5.41) is 0. The van der Waals surface area contributed by atoms with Gasteiger partial charge in [0.2, 0.25) is 0 Å². The van der Waals surface area contributed by atoms with Crippen molar-refractivity contribution in [2.24, 2.45) is 11.8 Å². The van der Waals surface area contributed by atoms with Crippen molar-refractivity contribution in [2.45, 2.75) is 26.2 Å². The number of rotatable bonds is 3. The van der Waals surface area contributed by atoms with E-state index in [9.17, 15) is 4.79 Å². The molecule has 2 unspecified atom stereocenters. The standard InChI is InChI=1S/C15H21NO/c1-12-8-9-15(17)13(10-12)11-16(2)14-6-4-3-5-7-14/h3-7,12-13H,8-11H2,1-2H3. The van der Waals surface area contributed by atoms with Gasteiger partial charge >= 0.3 is 0 Å². The summed E-state index contributed by atoms with van der Waals surface area (Å²) in [4.78, 5) is 14.1. The zero-order valence-electron chi connectivity index (χ0n) is 10.7. The highest BCUT2D eigenvalue weighted by Crippen LogP contribution is 2.27. The van der Waals surface area contributed by atoms with Gasteiger partial charge in [0, 0.05) is 31.6 Å². The van der Waals surface area contributed by atoms with E-state index >= 15 is 0 Å². The smallest absolute Gasteiger partial charge is 0.137 e. The van der Waals surface area contributed by atoms with Crippen LogP contribution in [0.2, 0.25) is 0 Å². The Morgan fingerprint density at radius 1 is 1.29 bits per heavy atom. The van der Waals surface area contributed by atoms with Gasteiger partial charge < -0.3 is 4.90 Å². The van der Waals surface area contributed by atoms with Crippen molar-refractivity contribution in [3.05, 3.63) is 30.3 Å². The van der Waals surface area contributed by atoms with Gasteiger partial charge in [-0.25, -0.2) is 0 Å². The summed E-state index contributed by atoms with van der Waals surface area (Å²) in [6.45, 7) is 3.11. The quantitative estimate of drug-likeness (QED) is 0.796. The van der Waals surface area contributed by atoms with Crippen molar-refractivity contribution >= 4 is 11.5 Å². The lowest BCUT2D eigenvalue weighted by atomic mass is 9.81. The molecule has 2 rings (SSSR count). The molecule has 1 aliphatic carbocycles. The topological polar surface area (TPSA) is 20.3 Å². The summed E-state index contributed by atoms with van der Waals surface area (Å²) in [7, 11) is 2.07. The number of anilines is 1. The lowest BCUT2D eigenvalue weighted by Crippen LogP contribution is -2.34. The van der Waals surface area contributed by atoms with Crippen LogP contribution in [0, 0.1) is 11.8 Å². The van der Waals surface area contributed by atoms with Crippen LogP contribution in [0.4, 0.5) is 5.69 Å². The molecule has 0 saturated heterocycles. The van der Waals surface area contributed by atoms with Crippen LogP contribution >= 0.6 is 0 Å². The fourth-order valence-corrected chi connectivity index (χ4v) is 2.62. The molecule has 0 aromatic heterocycles. The van der Waals surface area contributed by atoms with Gasteiger partial charge in [0.15, 0.2) is 0 Å². The van der Waals surface area contributed by atoms with Gasteiger partial charge in [0.25, 0.3) is 0 Å². The van der Waals surface area contributed by atoms with Gasteiger partial charge in [-0.05, 0) is 30.9 Å². The number of ketones is 1. The third-order valence-corrected chi connectivity index (χ3v) is 3.72. The van der Waals surface area contributed by atoms with E-state index < -0.39 is 0 Å². The predicted octanol–water partition coefficient (Wildman–Crippen LogP) is 3.13. The maximum absolute atomic E-state index is 11.9. The van der Waals surface area contributed by atoms with Gasteiger partial charge in [0.1, 0.15) is 5.78 Å². The molecular weight excluding hydrogens is 210 g/mol. The van der Waals surface area contributed by atoms with E-state index in [0.29, 0.717) is 11.7 Å². The molecule has 92 valence electrons. The molecule has 1 aromatic carbocycles. The molecule has 0 aliphatic heterocycles. The van der Waals surface area contributed by atoms with E-state index in [1.54, 1.807) is 0 Å². The minimum absolute atomic E-state index is 0.226. The largest absolute Gasteiger partial charge is 0.374 e. The van der Waals surface area contributed by atoms with Crippen LogP contribution < -0.4 is 4.90 Å². The second-order valence-corrected chi connectivity index (χ2v) is 5.26. The molecule has 0 N–H and O–H groups in total. The number of carbonyl (C=O) groups excluding carboxylic acids is 1. The normalized spacial score (nSPS) is 24.7. The molecule has 0 bridgehead atoms. The third-order valence-electron chi connectivity index (χ3n) is 3.72. The number of hydrogen-bond donors (Lipinski definition) is 0. The van der Waals surface area contributed by atoms with Crippen molar-refractivity contribution in [1.29, 1.82) is 0 Å². The highest BCUT2D eigenvalue weighted by atomic mass is 16.1. The van der Waals surface area contributed by atoms with E-state index in [-0.39, 0.29) is 5.92 Å². The Morgan fingerprint density at radius 2 is 2.00 bits per heavy atom. The Bertz CT molecular complexity index is 374. The summed E-state index contributed by atoms with van der Waals surface area (Å²) in [6, 6.07) is 10.3. The van der Waals surface area contributed by atoms with Gasteiger partial charge in [-0.15, -0.1) is 0 Å². The maximum atomic E-state index is 11.9. The zero-order chi connectivity index (χ0) is 12.3. The van der Waals surface area contributed by atoms with Gasteiger partial charge in [-0.1, -0.05) is 25.1 Å². The van der Waals surface area contributed by atoms with Crippen molar-refractivity contribution in [3.8, 4) is 0 Å². The number of Topliss-reactive ketones (excluding diaryl/α,β-unsaturated/α-hetero) is 1. The predicted molar refractivity (Wildman–Crippen MR) is 71.2 cm³/mol.